The average molecular weight is 1340 g/mol. The van der Waals surface area contributed by atoms with Crippen LogP contribution >= 0.6 is 11.3 Å². The van der Waals surface area contributed by atoms with Gasteiger partial charge in [-0.3, -0.25) is 0 Å². The molecule has 21 rings (SSSR count). The minimum atomic E-state index is 0.440. The lowest BCUT2D eigenvalue weighted by molar-refractivity contribution is 1.16. The van der Waals surface area contributed by atoms with E-state index in [1.54, 1.807) is 6.07 Å². The van der Waals surface area contributed by atoms with E-state index in [-0.39, 0.29) is 0 Å². The number of aromatic nitrogens is 5. The summed E-state index contributed by atoms with van der Waals surface area (Å²) in [5.74, 6) is 0. The van der Waals surface area contributed by atoms with Crippen molar-refractivity contribution in [2.45, 2.75) is 0 Å². The molecule has 0 saturated heterocycles. The third kappa shape index (κ3) is 8.75. The molecule has 9 nitrogen and oxygen atoms in total. The van der Waals surface area contributed by atoms with Gasteiger partial charge >= 0.3 is 0 Å². The van der Waals surface area contributed by atoms with Crippen LogP contribution in [0.2, 0.25) is 0 Å². The van der Waals surface area contributed by atoms with Crippen molar-refractivity contribution in [3.63, 3.8) is 0 Å². The molecule has 21 aromatic rings. The van der Waals surface area contributed by atoms with E-state index in [1.165, 1.54) is 41.7 Å². The summed E-state index contributed by atoms with van der Waals surface area (Å²) in [4.78, 5) is 8.06. The molecule has 0 saturated carbocycles. The fourth-order valence-electron chi connectivity index (χ4n) is 16.7. The minimum absolute atomic E-state index is 0.440. The maximum absolute atomic E-state index is 11.2. The van der Waals surface area contributed by atoms with Crippen molar-refractivity contribution < 1.29 is 0 Å². The van der Waals surface area contributed by atoms with Gasteiger partial charge in [-0.05, 0) is 126 Å². The van der Waals surface area contributed by atoms with E-state index in [1.807, 2.05) is 84.1 Å². The highest BCUT2D eigenvalue weighted by Crippen LogP contribution is 2.49. The van der Waals surface area contributed by atoms with Crippen molar-refractivity contribution in [2.75, 3.05) is 0 Å². The SMILES string of the molecule is [C-]#[N+]c1cc(C#N)cc(-c2cccc(-n3c4ccccc4c4c5sc6ccccc6c5ccc43)c2)c1-n1c2ccccc2c2ccccc21.[C-]#[N+]c1cccc(-c2cccc(-n3c4ccccc4c4c5c6ccccc6n(-c6ccccc6)c5ccc43)c2C#N)c1-n1c2ccccc2c2ccccc21. The molecule has 0 spiro atoms. The fourth-order valence-corrected chi connectivity index (χ4v) is 17.9. The quantitative estimate of drug-likeness (QED) is 0.149. The normalized spacial score (nSPS) is 11.6. The van der Waals surface area contributed by atoms with E-state index in [2.05, 4.69) is 287 Å². The van der Waals surface area contributed by atoms with E-state index in [0.717, 1.165) is 138 Å². The second kappa shape index (κ2) is 23.6. The number of fused-ring (bicyclic) bond motifs is 20. The molecule has 0 unspecified atom stereocenters. The molecule has 0 aliphatic rings. The Bertz CT molecular complexity index is 7320. The lowest BCUT2D eigenvalue weighted by atomic mass is 9.96. The Morgan fingerprint density at radius 3 is 1.29 bits per heavy atom. The Kier molecular flexibility index (Phi) is 13.5. The smallest absolute Gasteiger partial charge is 0.212 e. The van der Waals surface area contributed by atoms with Crippen LogP contribution in [-0.4, -0.2) is 22.8 Å². The molecule has 6 aromatic heterocycles. The zero-order valence-electron chi connectivity index (χ0n) is 55.5. The van der Waals surface area contributed by atoms with Crippen LogP contribution in [0.1, 0.15) is 11.1 Å². The summed E-state index contributed by atoms with van der Waals surface area (Å²) in [5.41, 5.74) is 20.4. The molecule has 10 heteroatoms. The molecule has 0 bridgehead atoms. The van der Waals surface area contributed by atoms with Gasteiger partial charge in [-0.2, -0.15) is 10.5 Å². The predicted molar refractivity (Wildman–Crippen MR) is 430 cm³/mol. The van der Waals surface area contributed by atoms with E-state index in [0.29, 0.717) is 22.5 Å². The zero-order chi connectivity index (χ0) is 69.3. The third-order valence-corrected chi connectivity index (χ3v) is 22.1. The Hall–Kier alpha value is -14.5. The fraction of sp³-hybridized carbons (Fsp3) is 0. The summed E-state index contributed by atoms with van der Waals surface area (Å²) < 4.78 is 13.9. The van der Waals surface area contributed by atoms with Gasteiger partial charge < -0.3 is 22.8 Å². The van der Waals surface area contributed by atoms with Crippen molar-refractivity contribution in [2.24, 2.45) is 0 Å². The second-order valence-electron chi connectivity index (χ2n) is 26.2. The molecule has 0 N–H and O–H groups in total. The average Bonchev–Trinajstić information content (AvgIpc) is 1.59. The largest absolute Gasteiger partial charge is 0.318 e. The summed E-state index contributed by atoms with van der Waals surface area (Å²) in [7, 11) is 0. The summed E-state index contributed by atoms with van der Waals surface area (Å²) >= 11 is 1.85. The lowest BCUT2D eigenvalue weighted by Gasteiger charge is -2.19. The number of hydrogen-bond donors (Lipinski definition) is 0. The summed E-state index contributed by atoms with van der Waals surface area (Å²) in [6, 6.07) is 116. The molecule has 0 aliphatic heterocycles. The molecule has 0 amide bonds. The predicted octanol–water partition coefficient (Wildman–Crippen LogP) is 25.4. The molecular weight excluding hydrogens is 1290 g/mol. The van der Waals surface area contributed by atoms with Gasteiger partial charge in [-0.1, -0.05) is 212 Å². The first-order valence-corrected chi connectivity index (χ1v) is 35.2. The zero-order valence-corrected chi connectivity index (χ0v) is 56.3. The topological polar surface area (TPSA) is 80.9 Å². The molecule has 6 heterocycles. The van der Waals surface area contributed by atoms with Crippen LogP contribution in [0.15, 0.2) is 322 Å². The Morgan fingerprint density at radius 1 is 0.288 bits per heavy atom. The highest BCUT2D eigenvalue weighted by molar-refractivity contribution is 7.26. The van der Waals surface area contributed by atoms with Crippen LogP contribution in [0, 0.1) is 35.8 Å². The number of rotatable bonds is 7. The first kappa shape index (κ1) is 59.5. The number of nitrogens with zero attached hydrogens (tertiary/aromatic N) is 9. The van der Waals surface area contributed by atoms with Gasteiger partial charge in [0, 0.05) is 96.5 Å². The van der Waals surface area contributed by atoms with Crippen molar-refractivity contribution >= 4 is 152 Å². The molecule has 0 aliphatic carbocycles. The van der Waals surface area contributed by atoms with Crippen LogP contribution in [0.25, 0.3) is 190 Å². The van der Waals surface area contributed by atoms with E-state index in [9.17, 15) is 10.5 Å². The van der Waals surface area contributed by atoms with Crippen LogP contribution < -0.4 is 0 Å². The van der Waals surface area contributed by atoms with Crippen molar-refractivity contribution in [1.29, 1.82) is 10.5 Å². The Morgan fingerprint density at radius 2 is 0.721 bits per heavy atom. The lowest BCUT2D eigenvalue weighted by Crippen LogP contribution is -2.02. The minimum Gasteiger partial charge on any atom is -0.318 e. The highest BCUT2D eigenvalue weighted by atomic mass is 32.1. The Balaban J connectivity index is 0.000000139. The van der Waals surface area contributed by atoms with Gasteiger partial charge in [-0.25, -0.2) is 9.69 Å². The van der Waals surface area contributed by atoms with Gasteiger partial charge in [0.25, 0.3) is 0 Å². The maximum atomic E-state index is 11.2. The standard InChI is InChI=1S/C50H29N5.C44H24N4S/c1-52-40-23-13-22-36(50(40)55-41-24-9-5-17-34(41)35-18-6-10-25-42(35)55)33-21-14-28-45(39(33)31-51)54-44-27-12-8-20-38(44)49-47(54)30-29-46-48(49)37-19-7-11-26-43(37)53(46)32-15-3-2-4-16-32;1-46-36-24-27(26-45)23-35(43(36)48-37-17-6-2-13-30(37)31-14-3-7-18-38(31)48)28-11-10-12-29(25-28)47-39-19-8-4-16-34(39)42-40(47)22-21-33-32-15-5-9-20-41(32)49-44(33)42/h2-30H;2-25H. The number of nitriles is 2. The van der Waals surface area contributed by atoms with Gasteiger partial charge in [0.15, 0.2) is 0 Å². The van der Waals surface area contributed by atoms with Crippen molar-refractivity contribution in [3.05, 3.63) is 355 Å². The van der Waals surface area contributed by atoms with Crippen molar-refractivity contribution in [3.8, 4) is 62.8 Å². The van der Waals surface area contributed by atoms with Crippen LogP contribution in [0.5, 0.6) is 0 Å². The first-order valence-electron chi connectivity index (χ1n) is 34.4. The number of para-hydroxylation sites is 9. The highest BCUT2D eigenvalue weighted by Gasteiger charge is 2.27. The van der Waals surface area contributed by atoms with Crippen LogP contribution in [0.4, 0.5) is 11.4 Å². The monoisotopic (exact) mass is 1340 g/mol. The number of thiophene rings is 1. The molecule has 0 radical (unpaired) electrons. The summed E-state index contributed by atoms with van der Waals surface area (Å²) in [6.45, 7) is 16.6. The second-order valence-corrected chi connectivity index (χ2v) is 27.2. The van der Waals surface area contributed by atoms with E-state index in [4.69, 9.17) is 13.1 Å². The maximum Gasteiger partial charge on any atom is 0.212 e. The number of benzene rings is 15. The molecule has 480 valence electrons. The van der Waals surface area contributed by atoms with Crippen molar-refractivity contribution in [1.82, 2.24) is 22.8 Å². The number of hydrogen-bond acceptors (Lipinski definition) is 3. The van der Waals surface area contributed by atoms with E-state index < -0.39 is 0 Å². The molecular formula is C94H53N9S. The summed E-state index contributed by atoms with van der Waals surface area (Å²) in [6.07, 6.45) is 0. The Labute approximate surface area is 599 Å². The van der Waals surface area contributed by atoms with Gasteiger partial charge in [0.05, 0.1) is 97.0 Å². The van der Waals surface area contributed by atoms with Crippen LogP contribution in [0.3, 0.4) is 0 Å². The van der Waals surface area contributed by atoms with Gasteiger partial charge in [0.2, 0.25) is 11.4 Å². The third-order valence-electron chi connectivity index (χ3n) is 20.8. The molecule has 0 atom stereocenters. The van der Waals surface area contributed by atoms with Crippen LogP contribution in [-0.2, 0) is 0 Å². The van der Waals surface area contributed by atoms with Gasteiger partial charge in [0.1, 0.15) is 6.07 Å². The molecule has 0 fully saturated rings. The first-order chi connectivity index (χ1) is 51.5. The van der Waals surface area contributed by atoms with E-state index >= 15 is 0 Å². The van der Waals surface area contributed by atoms with Gasteiger partial charge in [-0.15, -0.1) is 11.3 Å². The molecule has 104 heavy (non-hydrogen) atoms. The summed E-state index contributed by atoms with van der Waals surface area (Å²) in [5, 5.41) is 35.4. The molecule has 15 aromatic carbocycles.